The van der Waals surface area contributed by atoms with E-state index in [0.29, 0.717) is 0 Å². The molecule has 0 saturated carbocycles. The third-order valence-corrected chi connectivity index (χ3v) is 3.96. The van der Waals surface area contributed by atoms with Crippen LogP contribution in [0.5, 0.6) is 0 Å². The van der Waals surface area contributed by atoms with Crippen molar-refractivity contribution in [1.29, 1.82) is 0 Å². The minimum atomic E-state index is -1.19. The number of carbonyl (C=O) groups excluding carboxylic acids is 1. The van der Waals surface area contributed by atoms with Gasteiger partial charge in [0.05, 0.1) is 8.07 Å². The Kier molecular flexibility index (Phi) is 6.53. The average Bonchev–Trinajstić information content (AvgIpc) is 2.09. The summed E-state index contributed by atoms with van der Waals surface area (Å²) in [5.41, 5.74) is 1.86. The van der Waals surface area contributed by atoms with Crippen LogP contribution in [0.25, 0.3) is 0 Å². The molecule has 0 radical (unpaired) electrons. The second kappa shape index (κ2) is 6.79. The van der Waals surface area contributed by atoms with Crippen molar-refractivity contribution >= 4 is 14.2 Å². The van der Waals surface area contributed by atoms with Crippen molar-refractivity contribution in [3.63, 3.8) is 0 Å². The van der Waals surface area contributed by atoms with E-state index in [0.717, 1.165) is 6.42 Å². The lowest BCUT2D eigenvalue weighted by Gasteiger charge is -2.32. The summed E-state index contributed by atoms with van der Waals surface area (Å²) >= 11 is 0. The zero-order valence-corrected chi connectivity index (χ0v) is 15.8. The molecular formula is C16H33NO2Si. The van der Waals surface area contributed by atoms with Gasteiger partial charge in [-0.3, -0.25) is 0 Å². The van der Waals surface area contributed by atoms with E-state index < -0.39 is 13.7 Å². The van der Waals surface area contributed by atoms with Gasteiger partial charge in [-0.05, 0) is 32.6 Å². The number of nitrogens with one attached hydrogen (secondary N) is 1. The molecule has 4 heteroatoms. The highest BCUT2D eigenvalue weighted by Crippen LogP contribution is 2.23. The topological polar surface area (TPSA) is 38.3 Å². The Balaban J connectivity index is 4.68. The number of alkyl carbamates (subject to hydrolysis) is 1. The summed E-state index contributed by atoms with van der Waals surface area (Å²) in [4.78, 5) is 11.9. The van der Waals surface area contributed by atoms with Crippen LogP contribution in [-0.4, -0.2) is 25.8 Å². The highest BCUT2D eigenvalue weighted by Gasteiger charge is 2.27. The van der Waals surface area contributed by atoms with E-state index >= 15 is 0 Å². The first-order chi connectivity index (χ1) is 8.71. The molecule has 1 amide bonds. The second-order valence-electron chi connectivity index (χ2n) is 8.57. The van der Waals surface area contributed by atoms with Gasteiger partial charge >= 0.3 is 6.09 Å². The van der Waals surface area contributed by atoms with E-state index in [1.54, 1.807) is 0 Å². The van der Waals surface area contributed by atoms with Crippen LogP contribution in [0.1, 0.15) is 48.0 Å². The predicted molar refractivity (Wildman–Crippen MR) is 89.7 cm³/mol. The summed E-state index contributed by atoms with van der Waals surface area (Å²) in [6, 6.07) is 0.0740. The molecule has 0 spiro atoms. The van der Waals surface area contributed by atoms with Gasteiger partial charge in [0.2, 0.25) is 0 Å². The zero-order valence-electron chi connectivity index (χ0n) is 14.8. The number of amides is 1. The van der Waals surface area contributed by atoms with Crippen molar-refractivity contribution in [3.8, 4) is 0 Å². The van der Waals surface area contributed by atoms with Crippen molar-refractivity contribution in [1.82, 2.24) is 5.32 Å². The van der Waals surface area contributed by atoms with E-state index in [-0.39, 0.29) is 17.6 Å². The molecule has 1 atom stereocenters. The SMILES string of the molecule is CC(C)(C)OC(=O)N[C@@H](C/C=C/[Si](C)(C)C)C(C)(C)C. The zero-order chi connectivity index (χ0) is 16.2. The number of ether oxygens (including phenoxy) is 1. The molecule has 1 N–H and O–H groups in total. The Bertz CT molecular complexity index is 343. The maximum absolute atomic E-state index is 11.9. The Labute approximate surface area is 126 Å². The Morgan fingerprint density at radius 1 is 1.15 bits per heavy atom. The van der Waals surface area contributed by atoms with Gasteiger partial charge in [0.15, 0.2) is 0 Å². The molecule has 0 aliphatic carbocycles. The molecule has 0 saturated heterocycles. The average molecular weight is 300 g/mol. The van der Waals surface area contributed by atoms with Crippen molar-refractivity contribution in [3.05, 3.63) is 11.8 Å². The fraction of sp³-hybridized carbons (Fsp3) is 0.812. The molecule has 0 aromatic heterocycles. The lowest BCUT2D eigenvalue weighted by molar-refractivity contribution is 0.0465. The highest BCUT2D eigenvalue weighted by molar-refractivity contribution is 6.80. The van der Waals surface area contributed by atoms with Crippen LogP contribution in [-0.2, 0) is 4.74 Å². The highest BCUT2D eigenvalue weighted by atomic mass is 28.3. The Hall–Kier alpha value is -0.773. The molecule has 0 aliphatic heterocycles. The minimum Gasteiger partial charge on any atom is -0.444 e. The quantitative estimate of drug-likeness (QED) is 0.761. The molecule has 0 aliphatic rings. The summed E-state index contributed by atoms with van der Waals surface area (Å²) < 4.78 is 5.35. The van der Waals surface area contributed by atoms with Crippen molar-refractivity contribution in [2.24, 2.45) is 5.41 Å². The van der Waals surface area contributed by atoms with Crippen LogP contribution in [0.2, 0.25) is 19.6 Å². The maximum Gasteiger partial charge on any atom is 0.407 e. The number of hydrogen-bond acceptors (Lipinski definition) is 2. The van der Waals surface area contributed by atoms with Gasteiger partial charge in [-0.15, -0.1) is 0 Å². The summed E-state index contributed by atoms with van der Waals surface area (Å²) in [7, 11) is -1.19. The standard InChI is InChI=1S/C16H33NO2Si/c1-15(2,3)13(11-10-12-20(7,8)9)17-14(18)19-16(4,5)6/h10,12-13H,11H2,1-9H3,(H,17,18)/b12-10+/t13-/m0/s1. The number of carbonyl (C=O) groups is 1. The molecule has 0 fully saturated rings. The van der Waals surface area contributed by atoms with Crippen LogP contribution in [0.3, 0.4) is 0 Å². The normalized spacial score (nSPS) is 15.2. The Morgan fingerprint density at radius 3 is 2.00 bits per heavy atom. The molecule has 20 heavy (non-hydrogen) atoms. The van der Waals surface area contributed by atoms with E-state index in [1.165, 1.54) is 0 Å². The number of rotatable bonds is 4. The molecule has 0 aromatic carbocycles. The third-order valence-electron chi connectivity index (χ3n) is 2.73. The smallest absolute Gasteiger partial charge is 0.407 e. The van der Waals surface area contributed by atoms with Gasteiger partial charge in [-0.1, -0.05) is 52.2 Å². The first-order valence-corrected chi connectivity index (χ1v) is 11.0. The monoisotopic (exact) mass is 299 g/mol. The van der Waals surface area contributed by atoms with Gasteiger partial charge in [-0.25, -0.2) is 4.79 Å². The summed E-state index contributed by atoms with van der Waals surface area (Å²) in [5, 5.41) is 3.00. The van der Waals surface area contributed by atoms with Crippen LogP contribution in [0.15, 0.2) is 11.8 Å². The van der Waals surface area contributed by atoms with Gasteiger partial charge in [0, 0.05) is 6.04 Å². The van der Waals surface area contributed by atoms with Gasteiger partial charge < -0.3 is 10.1 Å². The van der Waals surface area contributed by atoms with Crippen molar-refractivity contribution in [2.75, 3.05) is 0 Å². The van der Waals surface area contributed by atoms with Crippen LogP contribution >= 0.6 is 0 Å². The van der Waals surface area contributed by atoms with E-state index in [4.69, 9.17) is 4.74 Å². The fourth-order valence-corrected chi connectivity index (χ4v) is 2.48. The van der Waals surface area contributed by atoms with Crippen LogP contribution < -0.4 is 5.32 Å². The molecule has 3 nitrogen and oxygen atoms in total. The lowest BCUT2D eigenvalue weighted by atomic mass is 9.85. The summed E-state index contributed by atoms with van der Waals surface area (Å²) in [6.07, 6.45) is 2.71. The van der Waals surface area contributed by atoms with Gasteiger partial charge in [0.1, 0.15) is 5.60 Å². The fourth-order valence-electron chi connectivity index (χ4n) is 1.64. The van der Waals surface area contributed by atoms with Crippen LogP contribution in [0, 0.1) is 5.41 Å². The second-order valence-corrected chi connectivity index (χ2v) is 13.6. The minimum absolute atomic E-state index is 0.000679. The molecular weight excluding hydrogens is 266 g/mol. The van der Waals surface area contributed by atoms with Gasteiger partial charge in [-0.2, -0.15) is 0 Å². The first-order valence-electron chi connectivity index (χ1n) is 7.38. The van der Waals surface area contributed by atoms with Crippen molar-refractivity contribution in [2.45, 2.75) is 79.2 Å². The third kappa shape index (κ3) is 10.1. The Morgan fingerprint density at radius 2 is 1.65 bits per heavy atom. The van der Waals surface area contributed by atoms with E-state index in [9.17, 15) is 4.79 Å². The maximum atomic E-state index is 11.9. The largest absolute Gasteiger partial charge is 0.444 e. The van der Waals surface area contributed by atoms with E-state index in [2.05, 4.69) is 57.5 Å². The van der Waals surface area contributed by atoms with Crippen LogP contribution in [0.4, 0.5) is 4.79 Å². The molecule has 118 valence electrons. The van der Waals surface area contributed by atoms with E-state index in [1.807, 2.05) is 20.8 Å². The van der Waals surface area contributed by atoms with Gasteiger partial charge in [0.25, 0.3) is 0 Å². The number of hydrogen-bond donors (Lipinski definition) is 1. The summed E-state index contributed by atoms with van der Waals surface area (Å²) in [6.45, 7) is 19.0. The molecule has 0 rings (SSSR count). The molecule has 0 bridgehead atoms. The lowest BCUT2D eigenvalue weighted by Crippen LogP contribution is -2.45. The molecule has 0 heterocycles. The molecule has 0 unspecified atom stereocenters. The first kappa shape index (κ1) is 19.2. The molecule has 0 aromatic rings. The summed E-state index contributed by atoms with van der Waals surface area (Å²) in [5.74, 6) is 0. The van der Waals surface area contributed by atoms with Crippen molar-refractivity contribution < 1.29 is 9.53 Å². The predicted octanol–water partition coefficient (Wildman–Crippen LogP) is 4.75.